The summed E-state index contributed by atoms with van der Waals surface area (Å²) in [5.74, 6) is 2.10. The summed E-state index contributed by atoms with van der Waals surface area (Å²) in [5.41, 5.74) is 2.19. The number of carbonyl (C=O) groups is 1. The van der Waals surface area contributed by atoms with Crippen molar-refractivity contribution in [2.75, 3.05) is 7.11 Å². The molecule has 6 heteroatoms. The van der Waals surface area contributed by atoms with Crippen molar-refractivity contribution < 1.29 is 9.53 Å². The van der Waals surface area contributed by atoms with Crippen LogP contribution in [0.1, 0.15) is 29.8 Å². The lowest BCUT2D eigenvalue weighted by atomic mass is 10.2. The number of nitrogens with zero attached hydrogens (tertiary/aromatic N) is 4. The first-order valence-corrected chi connectivity index (χ1v) is 9.53. The van der Waals surface area contributed by atoms with Gasteiger partial charge >= 0.3 is 0 Å². The van der Waals surface area contributed by atoms with E-state index in [1.165, 1.54) is 0 Å². The van der Waals surface area contributed by atoms with Crippen LogP contribution in [0.2, 0.25) is 0 Å². The lowest BCUT2D eigenvalue weighted by Gasteiger charge is -2.23. The van der Waals surface area contributed by atoms with Crippen molar-refractivity contribution in [3.63, 3.8) is 0 Å². The molecule has 1 saturated carbocycles. The molecule has 0 aliphatic heterocycles. The highest BCUT2D eigenvalue weighted by Crippen LogP contribution is 2.32. The quantitative estimate of drug-likeness (QED) is 0.605. The number of rotatable bonds is 8. The lowest BCUT2D eigenvalue weighted by molar-refractivity contribution is -0.134. The third-order valence-electron chi connectivity index (χ3n) is 4.98. The van der Waals surface area contributed by atoms with Crippen LogP contribution in [0.4, 0.5) is 0 Å². The maximum atomic E-state index is 12.8. The molecule has 1 aromatic carbocycles. The van der Waals surface area contributed by atoms with Crippen LogP contribution in [0.15, 0.2) is 61.2 Å². The van der Waals surface area contributed by atoms with E-state index in [4.69, 9.17) is 4.74 Å². The van der Waals surface area contributed by atoms with Crippen LogP contribution in [0.5, 0.6) is 5.75 Å². The van der Waals surface area contributed by atoms with Gasteiger partial charge in [0.05, 0.1) is 13.7 Å². The zero-order chi connectivity index (χ0) is 19.3. The molecule has 2 aromatic heterocycles. The minimum absolute atomic E-state index is 0.168. The predicted octanol–water partition coefficient (Wildman–Crippen LogP) is 3.27. The number of carbonyl (C=O) groups excluding carboxylic acids is 1. The number of benzene rings is 1. The van der Waals surface area contributed by atoms with Crippen LogP contribution in [-0.2, 0) is 24.4 Å². The normalized spacial score (nSPS) is 13.3. The molecule has 4 rings (SSSR count). The molecule has 6 nitrogen and oxygen atoms in total. The number of hydrogen-bond acceptors (Lipinski definition) is 4. The highest BCUT2D eigenvalue weighted by atomic mass is 16.5. The van der Waals surface area contributed by atoms with Crippen LogP contribution < -0.4 is 4.74 Å². The first-order valence-electron chi connectivity index (χ1n) is 9.53. The van der Waals surface area contributed by atoms with Crippen LogP contribution in [0.25, 0.3) is 0 Å². The van der Waals surface area contributed by atoms with Crippen LogP contribution in [0.3, 0.4) is 0 Å². The summed E-state index contributed by atoms with van der Waals surface area (Å²) in [6, 6.07) is 11.9. The summed E-state index contributed by atoms with van der Waals surface area (Å²) < 4.78 is 7.32. The SMILES string of the molecule is COc1ccc(Cn2ccnc2CN(Cc2cccnc2)C(=O)C2CC2)cc1. The smallest absolute Gasteiger partial charge is 0.226 e. The molecule has 1 fully saturated rings. The molecule has 0 radical (unpaired) electrons. The van der Waals surface area contributed by atoms with E-state index in [2.05, 4.69) is 14.5 Å². The van der Waals surface area contributed by atoms with Crippen LogP contribution >= 0.6 is 0 Å². The van der Waals surface area contributed by atoms with Gasteiger partial charge in [-0.05, 0) is 42.2 Å². The highest BCUT2D eigenvalue weighted by molar-refractivity contribution is 5.81. The molecule has 28 heavy (non-hydrogen) atoms. The van der Waals surface area contributed by atoms with E-state index in [0.29, 0.717) is 19.6 Å². The minimum Gasteiger partial charge on any atom is -0.497 e. The number of methoxy groups -OCH3 is 1. The first-order chi connectivity index (χ1) is 13.7. The van der Waals surface area contributed by atoms with Crippen molar-refractivity contribution in [1.29, 1.82) is 0 Å². The third-order valence-corrected chi connectivity index (χ3v) is 4.98. The average Bonchev–Trinajstić information content (AvgIpc) is 3.50. The maximum absolute atomic E-state index is 12.8. The van der Waals surface area contributed by atoms with Crippen molar-refractivity contribution in [3.8, 4) is 5.75 Å². The molecule has 2 heterocycles. The Labute approximate surface area is 164 Å². The van der Waals surface area contributed by atoms with Crippen LogP contribution in [0, 0.1) is 5.92 Å². The Kier molecular flexibility index (Phi) is 5.37. The Balaban J connectivity index is 1.50. The molecule has 1 aliphatic rings. The number of amides is 1. The number of hydrogen-bond donors (Lipinski definition) is 0. The fraction of sp³-hybridized carbons (Fsp3) is 0.318. The van der Waals surface area contributed by atoms with Crippen molar-refractivity contribution in [2.24, 2.45) is 5.92 Å². The van der Waals surface area contributed by atoms with Gasteiger partial charge in [0, 0.05) is 43.8 Å². The Bertz CT molecular complexity index is 917. The minimum atomic E-state index is 0.168. The average molecular weight is 376 g/mol. The maximum Gasteiger partial charge on any atom is 0.226 e. The van der Waals surface area contributed by atoms with Gasteiger partial charge in [-0.3, -0.25) is 9.78 Å². The van der Waals surface area contributed by atoms with Crippen LogP contribution in [-0.4, -0.2) is 32.5 Å². The topological polar surface area (TPSA) is 60.2 Å². The molecule has 0 atom stereocenters. The molecule has 0 bridgehead atoms. The Hall–Kier alpha value is -3.15. The van der Waals surface area contributed by atoms with E-state index >= 15 is 0 Å². The number of aromatic nitrogens is 3. The molecule has 0 saturated heterocycles. The van der Waals surface area contributed by atoms with Crippen molar-refractivity contribution in [1.82, 2.24) is 19.4 Å². The Morgan fingerprint density at radius 1 is 1.14 bits per heavy atom. The fourth-order valence-corrected chi connectivity index (χ4v) is 3.25. The summed E-state index contributed by atoms with van der Waals surface area (Å²) in [7, 11) is 1.66. The molecule has 144 valence electrons. The van der Waals surface area contributed by atoms with E-state index in [9.17, 15) is 4.79 Å². The second-order valence-corrected chi connectivity index (χ2v) is 7.15. The molecular weight excluding hydrogens is 352 g/mol. The van der Waals surface area contributed by atoms with E-state index in [-0.39, 0.29) is 11.8 Å². The molecule has 0 unspecified atom stereocenters. The highest BCUT2D eigenvalue weighted by Gasteiger charge is 2.33. The van der Waals surface area contributed by atoms with Crippen molar-refractivity contribution in [3.05, 3.63) is 78.1 Å². The largest absolute Gasteiger partial charge is 0.497 e. The second-order valence-electron chi connectivity index (χ2n) is 7.15. The lowest BCUT2D eigenvalue weighted by Crippen LogP contribution is -2.32. The monoisotopic (exact) mass is 376 g/mol. The van der Waals surface area contributed by atoms with Gasteiger partial charge in [0.25, 0.3) is 0 Å². The summed E-state index contributed by atoms with van der Waals surface area (Å²) in [4.78, 5) is 23.4. The van der Waals surface area contributed by atoms with Gasteiger partial charge in [0.15, 0.2) is 0 Å². The molecule has 0 spiro atoms. The summed E-state index contributed by atoms with van der Waals surface area (Å²) in [5, 5.41) is 0. The van der Waals surface area contributed by atoms with Gasteiger partial charge in [-0.25, -0.2) is 4.98 Å². The van der Waals surface area contributed by atoms with Gasteiger partial charge < -0.3 is 14.2 Å². The number of imidazole rings is 1. The Morgan fingerprint density at radius 2 is 1.96 bits per heavy atom. The zero-order valence-electron chi connectivity index (χ0n) is 16.0. The fourth-order valence-electron chi connectivity index (χ4n) is 3.25. The first kappa shape index (κ1) is 18.2. The Morgan fingerprint density at radius 3 is 2.64 bits per heavy atom. The van der Waals surface area contributed by atoms with E-state index in [1.54, 1.807) is 19.5 Å². The number of pyridine rings is 1. The van der Waals surface area contributed by atoms with E-state index in [0.717, 1.165) is 35.5 Å². The van der Waals surface area contributed by atoms with E-state index < -0.39 is 0 Å². The van der Waals surface area contributed by atoms with Gasteiger partial charge in [-0.2, -0.15) is 0 Å². The summed E-state index contributed by atoms with van der Waals surface area (Å²) in [6.45, 7) is 1.75. The zero-order valence-corrected chi connectivity index (χ0v) is 16.0. The van der Waals surface area contributed by atoms with Crippen molar-refractivity contribution in [2.45, 2.75) is 32.5 Å². The predicted molar refractivity (Wildman–Crippen MR) is 106 cm³/mol. The molecular formula is C22H24N4O2. The standard InChI is InChI=1S/C22H24N4O2/c1-28-20-8-4-17(5-9-20)14-25-12-11-24-21(25)16-26(22(27)19-6-7-19)15-18-3-2-10-23-13-18/h2-5,8-13,19H,6-7,14-16H2,1H3. The van der Waals surface area contributed by atoms with Crippen molar-refractivity contribution >= 4 is 5.91 Å². The van der Waals surface area contributed by atoms with Gasteiger partial charge in [-0.1, -0.05) is 18.2 Å². The molecule has 3 aromatic rings. The van der Waals surface area contributed by atoms with Gasteiger partial charge in [-0.15, -0.1) is 0 Å². The second kappa shape index (κ2) is 8.25. The van der Waals surface area contributed by atoms with Gasteiger partial charge in [0.2, 0.25) is 5.91 Å². The summed E-state index contributed by atoms with van der Waals surface area (Å²) >= 11 is 0. The summed E-state index contributed by atoms with van der Waals surface area (Å²) in [6.07, 6.45) is 9.30. The molecule has 1 amide bonds. The molecule has 0 N–H and O–H groups in total. The third kappa shape index (κ3) is 4.39. The van der Waals surface area contributed by atoms with E-state index in [1.807, 2.05) is 53.7 Å². The van der Waals surface area contributed by atoms with Gasteiger partial charge in [0.1, 0.15) is 11.6 Å². The number of ether oxygens (including phenoxy) is 1. The molecule has 1 aliphatic carbocycles.